The lowest BCUT2D eigenvalue weighted by molar-refractivity contribution is -0.384. The van der Waals surface area contributed by atoms with Crippen molar-refractivity contribution < 1.29 is 19.2 Å². The van der Waals surface area contributed by atoms with Crippen LogP contribution in [-0.4, -0.2) is 23.4 Å². The molecule has 3 aromatic rings. The number of halogens is 1. The van der Waals surface area contributed by atoms with Gasteiger partial charge in [-0.2, -0.15) is 0 Å². The number of nitro benzene ring substituents is 1. The maximum absolute atomic E-state index is 12.7. The van der Waals surface area contributed by atoms with Crippen molar-refractivity contribution in [1.82, 2.24) is 0 Å². The van der Waals surface area contributed by atoms with E-state index in [4.69, 9.17) is 16.3 Å². The number of anilines is 1. The Morgan fingerprint density at radius 2 is 1.93 bits per heavy atom. The average molecular weight is 431 g/mol. The minimum Gasteiger partial charge on any atom is -0.462 e. The monoisotopic (exact) mass is 430 g/mol. The molecule has 0 fully saturated rings. The summed E-state index contributed by atoms with van der Waals surface area (Å²) in [4.78, 5) is 35.5. The molecule has 0 bridgehead atoms. The van der Waals surface area contributed by atoms with E-state index in [1.54, 1.807) is 12.3 Å². The van der Waals surface area contributed by atoms with Crippen molar-refractivity contribution in [2.75, 3.05) is 11.9 Å². The molecule has 1 aromatic heterocycles. The third-order valence-electron chi connectivity index (χ3n) is 3.99. The van der Waals surface area contributed by atoms with Crippen LogP contribution in [0, 0.1) is 10.1 Å². The number of nitrogens with one attached hydrogen (secondary N) is 1. The third-order valence-corrected chi connectivity index (χ3v) is 5.20. The highest BCUT2D eigenvalue weighted by Gasteiger charge is 2.24. The van der Waals surface area contributed by atoms with Crippen molar-refractivity contribution >= 4 is 45.5 Å². The molecule has 29 heavy (non-hydrogen) atoms. The van der Waals surface area contributed by atoms with Gasteiger partial charge in [0, 0.05) is 23.1 Å². The number of hydrogen-bond acceptors (Lipinski definition) is 6. The van der Waals surface area contributed by atoms with Gasteiger partial charge in [-0.3, -0.25) is 14.9 Å². The van der Waals surface area contributed by atoms with E-state index in [-0.39, 0.29) is 28.4 Å². The summed E-state index contributed by atoms with van der Waals surface area (Å²) in [5.41, 5.74) is 1.53. The summed E-state index contributed by atoms with van der Waals surface area (Å²) in [6.07, 6.45) is 0. The van der Waals surface area contributed by atoms with Crippen LogP contribution in [0.5, 0.6) is 0 Å². The number of non-ortho nitro benzene ring substituents is 1. The second-order valence-electron chi connectivity index (χ2n) is 5.82. The Balaban J connectivity index is 1.97. The molecular weight excluding hydrogens is 416 g/mol. The van der Waals surface area contributed by atoms with E-state index < -0.39 is 16.8 Å². The normalized spacial score (nSPS) is 10.4. The molecule has 1 N–H and O–H groups in total. The molecule has 0 atom stereocenters. The minimum absolute atomic E-state index is 0.0572. The van der Waals surface area contributed by atoms with E-state index in [0.717, 1.165) is 11.6 Å². The maximum atomic E-state index is 12.7. The number of benzene rings is 2. The lowest BCUT2D eigenvalue weighted by Crippen LogP contribution is -2.15. The molecule has 0 spiro atoms. The van der Waals surface area contributed by atoms with Gasteiger partial charge in [0.2, 0.25) is 0 Å². The van der Waals surface area contributed by atoms with Crippen molar-refractivity contribution in [3.05, 3.63) is 80.2 Å². The molecule has 1 heterocycles. The molecule has 0 radical (unpaired) electrons. The van der Waals surface area contributed by atoms with Gasteiger partial charge in [0.05, 0.1) is 22.1 Å². The van der Waals surface area contributed by atoms with E-state index in [2.05, 4.69) is 5.32 Å². The Labute approximate surface area is 175 Å². The third kappa shape index (κ3) is 4.44. The van der Waals surface area contributed by atoms with Crippen LogP contribution in [0.3, 0.4) is 0 Å². The molecule has 3 rings (SSSR count). The topological polar surface area (TPSA) is 98.5 Å². The number of carbonyl (C=O) groups is 2. The quantitative estimate of drug-likeness (QED) is 0.320. The van der Waals surface area contributed by atoms with Crippen molar-refractivity contribution in [1.29, 1.82) is 0 Å². The van der Waals surface area contributed by atoms with Crippen molar-refractivity contribution in [3.8, 4) is 11.1 Å². The Hall–Kier alpha value is -3.23. The largest absolute Gasteiger partial charge is 0.462 e. The number of hydrogen-bond donors (Lipinski definition) is 1. The number of rotatable bonds is 6. The highest BCUT2D eigenvalue weighted by Crippen LogP contribution is 2.36. The molecule has 1 amide bonds. The SMILES string of the molecule is CCOC(=O)c1c(-c2ccccc2)csc1NC(=O)c1ccc([N+](=O)[O-])cc1Cl. The molecule has 9 heteroatoms. The minimum atomic E-state index is -0.599. The summed E-state index contributed by atoms with van der Waals surface area (Å²) in [5, 5.41) is 15.5. The zero-order valence-electron chi connectivity index (χ0n) is 15.2. The molecule has 7 nitrogen and oxygen atoms in total. The predicted octanol–water partition coefficient (Wildman–Crippen LogP) is 5.41. The van der Waals surface area contributed by atoms with Gasteiger partial charge >= 0.3 is 5.97 Å². The predicted molar refractivity (Wildman–Crippen MR) is 112 cm³/mol. The molecule has 0 saturated carbocycles. The number of nitrogens with zero attached hydrogens (tertiary/aromatic N) is 1. The van der Waals surface area contributed by atoms with Gasteiger partial charge in [0.1, 0.15) is 10.6 Å². The summed E-state index contributed by atoms with van der Waals surface area (Å²) >= 11 is 7.21. The Bertz CT molecular complexity index is 1080. The maximum Gasteiger partial charge on any atom is 0.341 e. The number of carbonyl (C=O) groups excluding carboxylic acids is 2. The van der Waals surface area contributed by atoms with Crippen LogP contribution in [0.25, 0.3) is 11.1 Å². The van der Waals surface area contributed by atoms with Crippen molar-refractivity contribution in [2.45, 2.75) is 6.92 Å². The molecule has 0 aliphatic heterocycles. The number of ether oxygens (including phenoxy) is 1. The van der Waals surface area contributed by atoms with Crippen LogP contribution in [0.2, 0.25) is 5.02 Å². The number of amides is 1. The molecule has 0 unspecified atom stereocenters. The highest BCUT2D eigenvalue weighted by atomic mass is 35.5. The number of nitro groups is 1. The summed E-state index contributed by atoms with van der Waals surface area (Å²) in [6.45, 7) is 1.88. The lowest BCUT2D eigenvalue weighted by Gasteiger charge is -2.09. The summed E-state index contributed by atoms with van der Waals surface area (Å²) in [7, 11) is 0. The molecule has 2 aromatic carbocycles. The van der Waals surface area contributed by atoms with Gasteiger partial charge in [-0.1, -0.05) is 41.9 Å². The van der Waals surface area contributed by atoms with Gasteiger partial charge in [-0.05, 0) is 18.6 Å². The fourth-order valence-corrected chi connectivity index (χ4v) is 3.87. The zero-order chi connectivity index (χ0) is 21.0. The second-order valence-corrected chi connectivity index (χ2v) is 7.10. The van der Waals surface area contributed by atoms with Crippen molar-refractivity contribution in [2.24, 2.45) is 0 Å². The first kappa shape index (κ1) is 20.5. The summed E-state index contributed by atoms with van der Waals surface area (Å²) in [6, 6.07) is 12.8. The fourth-order valence-electron chi connectivity index (χ4n) is 2.66. The van der Waals surface area contributed by atoms with Gasteiger partial charge in [-0.25, -0.2) is 4.79 Å². The first-order valence-electron chi connectivity index (χ1n) is 8.51. The van der Waals surface area contributed by atoms with Crippen LogP contribution in [-0.2, 0) is 4.74 Å². The zero-order valence-corrected chi connectivity index (χ0v) is 16.8. The van der Waals surface area contributed by atoms with Crippen LogP contribution < -0.4 is 5.32 Å². The van der Waals surface area contributed by atoms with Crippen LogP contribution in [0.1, 0.15) is 27.6 Å². The Morgan fingerprint density at radius 1 is 1.21 bits per heavy atom. The van der Waals surface area contributed by atoms with E-state index >= 15 is 0 Å². The smallest absolute Gasteiger partial charge is 0.341 e. The standard InChI is InChI=1S/C20H15ClN2O5S/c1-2-28-20(25)17-15(12-6-4-3-5-7-12)11-29-19(17)22-18(24)14-9-8-13(23(26)27)10-16(14)21/h3-11H,2H2,1H3,(H,22,24). The summed E-state index contributed by atoms with van der Waals surface area (Å²) < 4.78 is 5.16. The second kappa shape index (κ2) is 8.85. The van der Waals surface area contributed by atoms with E-state index in [1.807, 2.05) is 30.3 Å². The van der Waals surface area contributed by atoms with Gasteiger partial charge < -0.3 is 10.1 Å². The number of esters is 1. The fraction of sp³-hybridized carbons (Fsp3) is 0.100. The van der Waals surface area contributed by atoms with E-state index in [0.29, 0.717) is 10.6 Å². The number of thiophene rings is 1. The van der Waals surface area contributed by atoms with Crippen LogP contribution >= 0.6 is 22.9 Å². The van der Waals surface area contributed by atoms with E-state index in [1.165, 1.54) is 23.5 Å². The molecule has 0 aliphatic rings. The summed E-state index contributed by atoms with van der Waals surface area (Å²) in [5.74, 6) is -1.14. The highest BCUT2D eigenvalue weighted by molar-refractivity contribution is 7.15. The average Bonchev–Trinajstić information content (AvgIpc) is 3.12. The molecular formula is C20H15ClN2O5S. The van der Waals surface area contributed by atoms with Gasteiger partial charge in [0.25, 0.3) is 11.6 Å². The van der Waals surface area contributed by atoms with Crippen LogP contribution in [0.15, 0.2) is 53.9 Å². The van der Waals surface area contributed by atoms with Gasteiger partial charge in [-0.15, -0.1) is 11.3 Å². The molecule has 0 aliphatic carbocycles. The Kier molecular flexibility index (Phi) is 6.26. The molecule has 148 valence electrons. The van der Waals surface area contributed by atoms with E-state index in [9.17, 15) is 19.7 Å². The van der Waals surface area contributed by atoms with Crippen LogP contribution in [0.4, 0.5) is 10.7 Å². The Morgan fingerprint density at radius 3 is 2.55 bits per heavy atom. The molecule has 0 saturated heterocycles. The first-order valence-corrected chi connectivity index (χ1v) is 9.77. The van der Waals surface area contributed by atoms with Gasteiger partial charge in [0.15, 0.2) is 0 Å². The first-order chi connectivity index (χ1) is 13.9. The van der Waals surface area contributed by atoms with Crippen molar-refractivity contribution in [3.63, 3.8) is 0 Å². The lowest BCUT2D eigenvalue weighted by atomic mass is 10.0.